The van der Waals surface area contributed by atoms with Crippen LogP contribution >= 0.6 is 11.8 Å². The minimum Gasteiger partial charge on any atom is -0.322 e. The molecule has 0 saturated carbocycles. The molecule has 3 aromatic carbocycles. The maximum atomic E-state index is 12.7. The van der Waals surface area contributed by atoms with Crippen LogP contribution in [0.25, 0.3) is 0 Å². The average molecular weight is 459 g/mol. The standard InChI is InChI=1S/C28H30N2O2S/c1-5-19-6-8-20(9-7-19)26(32)29-23-14-10-21(11-15-23)27-30(25(31)18-33-27)24-16-12-22(13-17-24)28(2,3)4/h6-17,27H,5,18H2,1-4H3,(H,29,32). The van der Waals surface area contributed by atoms with Crippen LogP contribution in [0.3, 0.4) is 0 Å². The molecule has 0 aromatic heterocycles. The van der Waals surface area contributed by atoms with Crippen molar-refractivity contribution in [2.45, 2.75) is 44.9 Å². The summed E-state index contributed by atoms with van der Waals surface area (Å²) in [6.45, 7) is 8.64. The Morgan fingerprint density at radius 3 is 2.18 bits per heavy atom. The molecule has 0 bridgehead atoms. The summed E-state index contributed by atoms with van der Waals surface area (Å²) in [5.41, 5.74) is 5.84. The van der Waals surface area contributed by atoms with Crippen molar-refractivity contribution in [1.82, 2.24) is 0 Å². The molecule has 1 heterocycles. The molecule has 0 aliphatic carbocycles. The molecule has 170 valence electrons. The summed E-state index contributed by atoms with van der Waals surface area (Å²) in [4.78, 5) is 27.1. The number of anilines is 2. The molecule has 0 radical (unpaired) electrons. The summed E-state index contributed by atoms with van der Waals surface area (Å²) in [6.07, 6.45) is 0.947. The Balaban J connectivity index is 1.49. The molecular weight excluding hydrogens is 428 g/mol. The van der Waals surface area contributed by atoms with Gasteiger partial charge < -0.3 is 5.32 Å². The number of carbonyl (C=O) groups is 2. The highest BCUT2D eigenvalue weighted by molar-refractivity contribution is 8.00. The van der Waals surface area contributed by atoms with Crippen molar-refractivity contribution in [1.29, 1.82) is 0 Å². The van der Waals surface area contributed by atoms with Gasteiger partial charge in [0, 0.05) is 16.9 Å². The molecule has 3 aromatic rings. The van der Waals surface area contributed by atoms with Crippen LogP contribution in [0.1, 0.15) is 60.1 Å². The molecular formula is C28H30N2O2S. The van der Waals surface area contributed by atoms with Gasteiger partial charge in [0.15, 0.2) is 0 Å². The normalized spacial score (nSPS) is 16.2. The van der Waals surface area contributed by atoms with Gasteiger partial charge in [-0.2, -0.15) is 0 Å². The first-order valence-electron chi connectivity index (χ1n) is 11.3. The van der Waals surface area contributed by atoms with Crippen molar-refractivity contribution in [2.24, 2.45) is 0 Å². The summed E-state index contributed by atoms with van der Waals surface area (Å²) >= 11 is 1.63. The van der Waals surface area contributed by atoms with Crippen LogP contribution in [0, 0.1) is 0 Å². The Morgan fingerprint density at radius 1 is 0.970 bits per heavy atom. The van der Waals surface area contributed by atoms with E-state index >= 15 is 0 Å². The van der Waals surface area contributed by atoms with Crippen LogP contribution in [-0.2, 0) is 16.6 Å². The van der Waals surface area contributed by atoms with Crippen LogP contribution in [-0.4, -0.2) is 17.6 Å². The predicted octanol–water partition coefficient (Wildman–Crippen LogP) is 6.58. The Kier molecular flexibility index (Phi) is 6.61. The summed E-state index contributed by atoms with van der Waals surface area (Å²) in [7, 11) is 0. The number of benzene rings is 3. The first-order valence-corrected chi connectivity index (χ1v) is 12.4. The zero-order chi connectivity index (χ0) is 23.6. The van der Waals surface area contributed by atoms with Gasteiger partial charge in [-0.15, -0.1) is 11.8 Å². The van der Waals surface area contributed by atoms with E-state index in [4.69, 9.17) is 0 Å². The van der Waals surface area contributed by atoms with E-state index in [-0.39, 0.29) is 22.6 Å². The third-order valence-corrected chi connectivity index (χ3v) is 7.17. The van der Waals surface area contributed by atoms with Gasteiger partial charge in [-0.3, -0.25) is 14.5 Å². The van der Waals surface area contributed by atoms with Crippen LogP contribution in [0.2, 0.25) is 0 Å². The fourth-order valence-electron chi connectivity index (χ4n) is 3.90. The minimum atomic E-state index is -0.128. The first-order chi connectivity index (χ1) is 15.8. The van der Waals surface area contributed by atoms with Gasteiger partial charge in [0.05, 0.1) is 5.75 Å². The van der Waals surface area contributed by atoms with E-state index in [0.717, 1.165) is 23.4 Å². The molecule has 1 saturated heterocycles. The average Bonchev–Trinajstić information content (AvgIpc) is 3.20. The molecule has 1 aliphatic rings. The van der Waals surface area contributed by atoms with Crippen molar-refractivity contribution in [3.63, 3.8) is 0 Å². The topological polar surface area (TPSA) is 49.4 Å². The van der Waals surface area contributed by atoms with Crippen molar-refractivity contribution < 1.29 is 9.59 Å². The minimum absolute atomic E-state index is 0.0694. The number of thioether (sulfide) groups is 1. The van der Waals surface area contributed by atoms with E-state index in [1.54, 1.807) is 11.8 Å². The van der Waals surface area contributed by atoms with Gasteiger partial charge in [-0.05, 0) is 64.9 Å². The van der Waals surface area contributed by atoms with E-state index in [2.05, 4.69) is 45.1 Å². The Bertz CT molecular complexity index is 1130. The summed E-state index contributed by atoms with van der Waals surface area (Å²) in [5.74, 6) is 0.440. The van der Waals surface area contributed by atoms with Gasteiger partial charge in [-0.25, -0.2) is 0 Å². The third kappa shape index (κ3) is 5.14. The smallest absolute Gasteiger partial charge is 0.255 e. The molecule has 1 aliphatic heterocycles. The third-order valence-electron chi connectivity index (χ3n) is 5.96. The number of hydrogen-bond donors (Lipinski definition) is 1. The van der Waals surface area contributed by atoms with Gasteiger partial charge in [0.1, 0.15) is 5.37 Å². The molecule has 2 amide bonds. The zero-order valence-corrected chi connectivity index (χ0v) is 20.4. The summed E-state index contributed by atoms with van der Waals surface area (Å²) in [5, 5.41) is 2.88. The van der Waals surface area contributed by atoms with Crippen LogP contribution < -0.4 is 10.2 Å². The van der Waals surface area contributed by atoms with Gasteiger partial charge in [0.25, 0.3) is 5.91 Å². The van der Waals surface area contributed by atoms with E-state index < -0.39 is 0 Å². The number of aryl methyl sites for hydroxylation is 1. The zero-order valence-electron chi connectivity index (χ0n) is 19.6. The summed E-state index contributed by atoms with van der Waals surface area (Å²) < 4.78 is 0. The highest BCUT2D eigenvalue weighted by atomic mass is 32.2. The molecule has 1 fully saturated rings. The molecule has 5 heteroatoms. The first kappa shape index (κ1) is 23.1. The SMILES string of the molecule is CCc1ccc(C(=O)Nc2ccc(C3SCC(=O)N3c3ccc(C(C)(C)C)cc3)cc2)cc1. The van der Waals surface area contributed by atoms with E-state index in [1.165, 1.54) is 11.1 Å². The van der Waals surface area contributed by atoms with Crippen LogP contribution in [0.5, 0.6) is 0 Å². The second-order valence-electron chi connectivity index (χ2n) is 9.35. The van der Waals surface area contributed by atoms with E-state index in [0.29, 0.717) is 11.3 Å². The van der Waals surface area contributed by atoms with E-state index in [1.807, 2.05) is 65.6 Å². The molecule has 0 spiro atoms. The van der Waals surface area contributed by atoms with Gasteiger partial charge >= 0.3 is 0 Å². The number of hydrogen-bond acceptors (Lipinski definition) is 3. The highest BCUT2D eigenvalue weighted by Gasteiger charge is 2.34. The fraction of sp³-hybridized carbons (Fsp3) is 0.286. The molecule has 1 unspecified atom stereocenters. The quantitative estimate of drug-likeness (QED) is 0.470. The highest BCUT2D eigenvalue weighted by Crippen LogP contribution is 2.42. The van der Waals surface area contributed by atoms with Crippen molar-refractivity contribution in [3.05, 3.63) is 95.1 Å². The number of amides is 2. The lowest BCUT2D eigenvalue weighted by Gasteiger charge is -2.26. The van der Waals surface area contributed by atoms with Gasteiger partial charge in [0.2, 0.25) is 5.91 Å². The largest absolute Gasteiger partial charge is 0.322 e. The fourth-order valence-corrected chi connectivity index (χ4v) is 5.08. The lowest BCUT2D eigenvalue weighted by molar-refractivity contribution is -0.115. The van der Waals surface area contributed by atoms with Crippen molar-refractivity contribution >= 4 is 35.0 Å². The monoisotopic (exact) mass is 458 g/mol. The lowest BCUT2D eigenvalue weighted by atomic mass is 9.87. The Hall–Kier alpha value is -3.05. The van der Waals surface area contributed by atoms with Gasteiger partial charge in [-0.1, -0.05) is 64.1 Å². The maximum absolute atomic E-state index is 12.7. The lowest BCUT2D eigenvalue weighted by Crippen LogP contribution is -2.28. The van der Waals surface area contributed by atoms with Crippen molar-refractivity contribution in [3.8, 4) is 0 Å². The predicted molar refractivity (Wildman–Crippen MR) is 138 cm³/mol. The Morgan fingerprint density at radius 2 is 1.61 bits per heavy atom. The molecule has 4 rings (SSSR count). The number of carbonyl (C=O) groups excluding carboxylic acids is 2. The maximum Gasteiger partial charge on any atom is 0.255 e. The molecule has 33 heavy (non-hydrogen) atoms. The molecule has 4 nitrogen and oxygen atoms in total. The second-order valence-corrected chi connectivity index (χ2v) is 10.4. The number of nitrogens with one attached hydrogen (secondary N) is 1. The molecule has 1 N–H and O–H groups in total. The summed E-state index contributed by atoms with van der Waals surface area (Å²) in [6, 6.07) is 23.7. The van der Waals surface area contributed by atoms with Crippen molar-refractivity contribution in [2.75, 3.05) is 16.0 Å². The number of nitrogens with zero attached hydrogens (tertiary/aromatic N) is 1. The van der Waals surface area contributed by atoms with Crippen LogP contribution in [0.15, 0.2) is 72.8 Å². The van der Waals surface area contributed by atoms with Crippen LogP contribution in [0.4, 0.5) is 11.4 Å². The molecule has 1 atom stereocenters. The van der Waals surface area contributed by atoms with E-state index in [9.17, 15) is 9.59 Å². The number of rotatable bonds is 5. The Labute approximate surface area is 200 Å². The second kappa shape index (κ2) is 9.44.